The van der Waals surface area contributed by atoms with E-state index in [1.54, 1.807) is 7.11 Å². The average Bonchev–Trinajstić information content (AvgIpc) is 2.38. The Morgan fingerprint density at radius 1 is 1.32 bits per heavy atom. The van der Waals surface area contributed by atoms with Crippen molar-refractivity contribution in [2.75, 3.05) is 13.7 Å². The third-order valence-corrected chi connectivity index (χ3v) is 3.77. The first-order chi connectivity index (χ1) is 8.91. The van der Waals surface area contributed by atoms with Gasteiger partial charge in [0.15, 0.2) is 0 Å². The van der Waals surface area contributed by atoms with Crippen molar-refractivity contribution in [2.45, 2.75) is 44.9 Å². The Labute approximate surface area is 115 Å². The highest BCUT2D eigenvalue weighted by Gasteiger charge is 2.24. The largest absolute Gasteiger partial charge is 0.496 e. The van der Waals surface area contributed by atoms with E-state index in [9.17, 15) is 4.79 Å². The van der Waals surface area contributed by atoms with Crippen molar-refractivity contribution in [1.82, 2.24) is 5.32 Å². The van der Waals surface area contributed by atoms with Crippen LogP contribution in [0.2, 0.25) is 0 Å². The van der Waals surface area contributed by atoms with Crippen LogP contribution in [0.3, 0.4) is 0 Å². The molecule has 1 aliphatic heterocycles. The van der Waals surface area contributed by atoms with Gasteiger partial charge >= 0.3 is 0 Å². The lowest BCUT2D eigenvalue weighted by Crippen LogP contribution is -2.33. The number of ether oxygens (including phenoxy) is 1. The molecule has 1 aromatic carbocycles. The van der Waals surface area contributed by atoms with Crippen molar-refractivity contribution in [3.05, 3.63) is 29.3 Å². The summed E-state index contributed by atoms with van der Waals surface area (Å²) in [6.07, 6.45) is 1.56. The Hall–Kier alpha value is -1.51. The minimum Gasteiger partial charge on any atom is -0.496 e. The maximum atomic E-state index is 11.2. The molecule has 0 bridgehead atoms. The number of carbonyl (C=O) groups excluding carboxylic acids is 1. The van der Waals surface area contributed by atoms with Crippen LogP contribution >= 0.6 is 0 Å². The molecule has 1 amide bonds. The van der Waals surface area contributed by atoms with Crippen LogP contribution in [0.4, 0.5) is 0 Å². The van der Waals surface area contributed by atoms with Crippen LogP contribution in [0.1, 0.15) is 50.7 Å². The Balaban J connectivity index is 2.30. The van der Waals surface area contributed by atoms with Gasteiger partial charge in [0.25, 0.3) is 0 Å². The molecule has 1 N–H and O–H groups in total. The zero-order chi connectivity index (χ0) is 14.0. The van der Waals surface area contributed by atoms with E-state index >= 15 is 0 Å². The summed E-state index contributed by atoms with van der Waals surface area (Å²) in [6, 6.07) is 6.41. The molecule has 0 spiro atoms. The molecule has 2 rings (SSSR count). The summed E-state index contributed by atoms with van der Waals surface area (Å²) in [7, 11) is 1.71. The van der Waals surface area contributed by atoms with Gasteiger partial charge in [0.1, 0.15) is 5.75 Å². The minimum absolute atomic E-state index is 0.0548. The second kappa shape index (κ2) is 5.24. The lowest BCUT2D eigenvalue weighted by molar-refractivity contribution is -0.122. The SMILES string of the molecule is COc1ccc(C2CCC(=O)NC2)cc1C(C)(C)C. The standard InChI is InChI=1S/C16H23NO2/c1-16(2,3)13-9-11(5-7-14(13)19-4)12-6-8-15(18)17-10-12/h5,7,9,12H,6,8,10H2,1-4H3,(H,17,18). The first-order valence-electron chi connectivity index (χ1n) is 6.87. The molecule has 1 unspecified atom stereocenters. The first-order valence-corrected chi connectivity index (χ1v) is 6.87. The number of carbonyl (C=O) groups is 1. The average molecular weight is 261 g/mol. The van der Waals surface area contributed by atoms with Gasteiger partial charge in [-0.3, -0.25) is 4.79 Å². The van der Waals surface area contributed by atoms with E-state index in [-0.39, 0.29) is 11.3 Å². The fraction of sp³-hybridized carbons (Fsp3) is 0.562. The molecular formula is C16H23NO2. The Bertz CT molecular complexity index is 464. The number of hydrogen-bond donors (Lipinski definition) is 1. The van der Waals surface area contributed by atoms with Crippen molar-refractivity contribution in [2.24, 2.45) is 0 Å². The van der Waals surface area contributed by atoms with Crippen molar-refractivity contribution < 1.29 is 9.53 Å². The molecule has 1 fully saturated rings. The Morgan fingerprint density at radius 3 is 2.58 bits per heavy atom. The number of methoxy groups -OCH3 is 1. The monoisotopic (exact) mass is 261 g/mol. The van der Waals surface area contributed by atoms with Gasteiger partial charge in [-0.05, 0) is 29.0 Å². The summed E-state index contributed by atoms with van der Waals surface area (Å²) < 4.78 is 5.46. The second-order valence-electron chi connectivity index (χ2n) is 6.25. The van der Waals surface area contributed by atoms with Crippen molar-refractivity contribution >= 4 is 5.91 Å². The molecule has 1 heterocycles. The zero-order valence-corrected chi connectivity index (χ0v) is 12.2. The third kappa shape index (κ3) is 3.09. The molecule has 1 atom stereocenters. The highest BCUT2D eigenvalue weighted by molar-refractivity contribution is 5.76. The molecule has 104 valence electrons. The van der Waals surface area contributed by atoms with Crippen LogP contribution in [0.5, 0.6) is 5.75 Å². The normalized spacial score (nSPS) is 20.0. The molecule has 3 heteroatoms. The van der Waals surface area contributed by atoms with Gasteiger partial charge in [-0.2, -0.15) is 0 Å². The number of benzene rings is 1. The first kappa shape index (κ1) is 13.9. The van der Waals surface area contributed by atoms with Gasteiger partial charge in [0, 0.05) is 18.9 Å². The summed E-state index contributed by atoms with van der Waals surface area (Å²) in [5.41, 5.74) is 2.58. The van der Waals surface area contributed by atoms with Gasteiger partial charge < -0.3 is 10.1 Å². The van der Waals surface area contributed by atoms with Crippen LogP contribution in [-0.4, -0.2) is 19.6 Å². The molecular weight excluding hydrogens is 238 g/mol. The fourth-order valence-corrected chi connectivity index (χ4v) is 2.58. The van der Waals surface area contributed by atoms with E-state index in [1.165, 1.54) is 11.1 Å². The lowest BCUT2D eigenvalue weighted by atomic mass is 9.82. The van der Waals surface area contributed by atoms with Crippen LogP contribution in [0.15, 0.2) is 18.2 Å². The van der Waals surface area contributed by atoms with Gasteiger partial charge in [-0.15, -0.1) is 0 Å². The summed E-state index contributed by atoms with van der Waals surface area (Å²) in [4.78, 5) is 11.2. The topological polar surface area (TPSA) is 38.3 Å². The molecule has 0 aromatic heterocycles. The van der Waals surface area contributed by atoms with Gasteiger partial charge in [0.2, 0.25) is 5.91 Å². The highest BCUT2D eigenvalue weighted by Crippen LogP contribution is 2.35. The fourth-order valence-electron chi connectivity index (χ4n) is 2.58. The summed E-state index contributed by atoms with van der Waals surface area (Å²) in [6.45, 7) is 7.32. The van der Waals surface area contributed by atoms with E-state index < -0.39 is 0 Å². The molecule has 3 nitrogen and oxygen atoms in total. The van der Waals surface area contributed by atoms with E-state index in [2.05, 4.69) is 38.2 Å². The highest BCUT2D eigenvalue weighted by atomic mass is 16.5. The minimum atomic E-state index is 0.0548. The zero-order valence-electron chi connectivity index (χ0n) is 12.2. The summed E-state index contributed by atoms with van der Waals surface area (Å²) in [5.74, 6) is 1.53. The molecule has 1 aromatic rings. The predicted octanol–water partition coefficient (Wildman–Crippen LogP) is 2.99. The predicted molar refractivity (Wildman–Crippen MR) is 76.7 cm³/mol. The van der Waals surface area contributed by atoms with E-state index in [0.717, 1.165) is 18.7 Å². The van der Waals surface area contributed by atoms with Gasteiger partial charge in [-0.25, -0.2) is 0 Å². The third-order valence-electron chi connectivity index (χ3n) is 3.77. The number of amides is 1. The maximum absolute atomic E-state index is 11.2. The van der Waals surface area contributed by atoms with Gasteiger partial charge in [-0.1, -0.05) is 32.9 Å². The molecule has 1 aliphatic rings. The summed E-state index contributed by atoms with van der Waals surface area (Å²) in [5, 5.41) is 2.95. The molecule has 0 saturated carbocycles. The van der Waals surface area contributed by atoms with Crippen LogP contribution in [-0.2, 0) is 10.2 Å². The van der Waals surface area contributed by atoms with E-state index in [1.807, 2.05) is 6.07 Å². The van der Waals surface area contributed by atoms with Crippen LogP contribution in [0.25, 0.3) is 0 Å². The van der Waals surface area contributed by atoms with E-state index in [0.29, 0.717) is 12.3 Å². The summed E-state index contributed by atoms with van der Waals surface area (Å²) >= 11 is 0. The van der Waals surface area contributed by atoms with Crippen molar-refractivity contribution in [3.8, 4) is 5.75 Å². The Morgan fingerprint density at radius 2 is 2.05 bits per heavy atom. The molecule has 1 saturated heterocycles. The van der Waals surface area contributed by atoms with Crippen LogP contribution < -0.4 is 10.1 Å². The maximum Gasteiger partial charge on any atom is 0.220 e. The number of nitrogens with one attached hydrogen (secondary N) is 1. The quantitative estimate of drug-likeness (QED) is 0.888. The van der Waals surface area contributed by atoms with Crippen molar-refractivity contribution in [3.63, 3.8) is 0 Å². The lowest BCUT2D eigenvalue weighted by Gasteiger charge is -2.27. The molecule has 19 heavy (non-hydrogen) atoms. The van der Waals surface area contributed by atoms with Crippen LogP contribution in [0, 0.1) is 0 Å². The number of piperidine rings is 1. The number of rotatable bonds is 2. The molecule has 0 radical (unpaired) electrons. The van der Waals surface area contributed by atoms with Gasteiger partial charge in [0.05, 0.1) is 7.11 Å². The Kier molecular flexibility index (Phi) is 3.83. The number of hydrogen-bond acceptors (Lipinski definition) is 2. The molecule has 0 aliphatic carbocycles. The van der Waals surface area contributed by atoms with Crippen molar-refractivity contribution in [1.29, 1.82) is 0 Å². The second-order valence-corrected chi connectivity index (χ2v) is 6.25. The van der Waals surface area contributed by atoms with E-state index in [4.69, 9.17) is 4.74 Å². The smallest absolute Gasteiger partial charge is 0.220 e.